The summed E-state index contributed by atoms with van der Waals surface area (Å²) in [6, 6.07) is 1.30. The van der Waals surface area contributed by atoms with Crippen molar-refractivity contribution in [3.63, 3.8) is 0 Å². The first kappa shape index (κ1) is 14.9. The number of anilines is 1. The van der Waals surface area contributed by atoms with Crippen LogP contribution in [0.25, 0.3) is 0 Å². The van der Waals surface area contributed by atoms with Gasteiger partial charge in [0.05, 0.1) is 5.56 Å². The number of nitrogens with two attached hydrogens (primary N) is 1. The summed E-state index contributed by atoms with van der Waals surface area (Å²) in [5.74, 6) is -1.08. The first-order valence-corrected chi connectivity index (χ1v) is 8.02. The number of nitrogens with zero attached hydrogens (tertiary/aromatic N) is 1. The predicted octanol–water partition coefficient (Wildman–Crippen LogP) is -0.0565. The average molecular weight is 327 g/mol. The van der Waals surface area contributed by atoms with Crippen LogP contribution in [0.4, 0.5) is 5.69 Å². The SMILES string of the molecule is Nc1c2c(cc3c1C(=O)N(C1CCC(=O)NC1=O)C3)CC(C=O)C2. The highest BCUT2D eigenvalue weighted by Crippen LogP contribution is 2.39. The zero-order chi connectivity index (χ0) is 17.0. The minimum atomic E-state index is -0.639. The van der Waals surface area contributed by atoms with Crippen LogP contribution < -0.4 is 11.1 Å². The number of imide groups is 1. The van der Waals surface area contributed by atoms with Crippen molar-refractivity contribution in [2.24, 2.45) is 5.92 Å². The molecule has 1 aliphatic carbocycles. The molecule has 3 N–H and O–H groups in total. The second kappa shape index (κ2) is 5.15. The molecule has 0 saturated carbocycles. The standard InChI is InChI=1S/C17H17N3O4/c18-15-11-4-8(7-21)3-9(11)5-10-6-20(17(24)14(10)15)12-1-2-13(22)19-16(12)23/h5,7-8,12H,1-4,6,18H2,(H,19,22,23). The number of rotatable bonds is 2. The third-order valence-corrected chi connectivity index (χ3v) is 5.19. The highest BCUT2D eigenvalue weighted by Gasteiger charge is 2.41. The van der Waals surface area contributed by atoms with Crippen LogP contribution in [0.2, 0.25) is 0 Å². The molecule has 1 saturated heterocycles. The Morgan fingerprint density at radius 1 is 1.21 bits per heavy atom. The first-order chi connectivity index (χ1) is 11.5. The Morgan fingerprint density at radius 2 is 2.00 bits per heavy atom. The number of amides is 3. The number of carbonyl (C=O) groups is 4. The van der Waals surface area contributed by atoms with Crippen LogP contribution in [0, 0.1) is 5.92 Å². The molecular formula is C17H17N3O4. The van der Waals surface area contributed by atoms with E-state index in [0.717, 1.165) is 23.0 Å². The highest BCUT2D eigenvalue weighted by atomic mass is 16.2. The van der Waals surface area contributed by atoms with Gasteiger partial charge >= 0.3 is 0 Å². The number of piperidine rings is 1. The second-order valence-electron chi connectivity index (χ2n) is 6.67. The molecule has 24 heavy (non-hydrogen) atoms. The first-order valence-electron chi connectivity index (χ1n) is 8.02. The van der Waals surface area contributed by atoms with E-state index < -0.39 is 11.9 Å². The summed E-state index contributed by atoms with van der Waals surface area (Å²) in [7, 11) is 0. The number of hydrogen-bond acceptors (Lipinski definition) is 5. The maximum absolute atomic E-state index is 12.8. The van der Waals surface area contributed by atoms with E-state index in [4.69, 9.17) is 5.73 Å². The van der Waals surface area contributed by atoms with Crippen LogP contribution in [0.3, 0.4) is 0 Å². The number of carbonyl (C=O) groups excluding carboxylic acids is 4. The van der Waals surface area contributed by atoms with Crippen LogP contribution in [0.15, 0.2) is 6.07 Å². The summed E-state index contributed by atoms with van der Waals surface area (Å²) in [4.78, 5) is 48.7. The smallest absolute Gasteiger partial charge is 0.257 e. The monoisotopic (exact) mass is 327 g/mol. The van der Waals surface area contributed by atoms with E-state index in [0.29, 0.717) is 37.1 Å². The third-order valence-electron chi connectivity index (χ3n) is 5.19. The van der Waals surface area contributed by atoms with Crippen LogP contribution in [-0.2, 0) is 33.8 Å². The van der Waals surface area contributed by atoms with Crippen molar-refractivity contribution in [2.45, 2.75) is 38.3 Å². The molecule has 0 bridgehead atoms. The fourth-order valence-corrected chi connectivity index (χ4v) is 4.01. The lowest BCUT2D eigenvalue weighted by Crippen LogP contribution is -2.52. The molecule has 124 valence electrons. The Morgan fingerprint density at radius 3 is 2.71 bits per heavy atom. The lowest BCUT2D eigenvalue weighted by molar-refractivity contribution is -0.136. The molecule has 0 spiro atoms. The van der Waals surface area contributed by atoms with Crippen molar-refractivity contribution in [2.75, 3.05) is 5.73 Å². The molecule has 3 aliphatic rings. The van der Waals surface area contributed by atoms with Gasteiger partial charge in [-0.15, -0.1) is 0 Å². The van der Waals surface area contributed by atoms with Crippen molar-refractivity contribution in [3.05, 3.63) is 28.3 Å². The number of aldehydes is 1. The van der Waals surface area contributed by atoms with Gasteiger partial charge in [-0.2, -0.15) is 0 Å². The quantitative estimate of drug-likeness (QED) is 0.449. The summed E-state index contributed by atoms with van der Waals surface area (Å²) in [5.41, 5.74) is 9.80. The molecule has 2 unspecified atom stereocenters. The fraction of sp³-hybridized carbons (Fsp3) is 0.412. The van der Waals surface area contributed by atoms with E-state index in [1.165, 1.54) is 4.90 Å². The minimum Gasteiger partial charge on any atom is -0.398 e. The molecule has 7 heteroatoms. The van der Waals surface area contributed by atoms with Gasteiger partial charge in [-0.25, -0.2) is 0 Å². The molecule has 2 aliphatic heterocycles. The van der Waals surface area contributed by atoms with Gasteiger partial charge in [-0.3, -0.25) is 19.7 Å². The van der Waals surface area contributed by atoms with E-state index in [2.05, 4.69) is 5.32 Å². The maximum atomic E-state index is 12.8. The van der Waals surface area contributed by atoms with Gasteiger partial charge in [-0.1, -0.05) is 6.07 Å². The van der Waals surface area contributed by atoms with Crippen molar-refractivity contribution < 1.29 is 19.2 Å². The van der Waals surface area contributed by atoms with Gasteiger partial charge in [0, 0.05) is 24.6 Å². The summed E-state index contributed by atoms with van der Waals surface area (Å²) >= 11 is 0. The Hall–Kier alpha value is -2.70. The summed E-state index contributed by atoms with van der Waals surface area (Å²) < 4.78 is 0. The Kier molecular flexibility index (Phi) is 3.19. The molecule has 1 aromatic rings. The third kappa shape index (κ3) is 2.04. The molecule has 0 radical (unpaired) electrons. The average Bonchev–Trinajstić information content (AvgIpc) is 3.09. The number of fused-ring (bicyclic) bond motifs is 2. The lowest BCUT2D eigenvalue weighted by Gasteiger charge is -2.29. The zero-order valence-electron chi connectivity index (χ0n) is 13.0. The van der Waals surface area contributed by atoms with E-state index in [9.17, 15) is 19.2 Å². The maximum Gasteiger partial charge on any atom is 0.257 e. The zero-order valence-corrected chi connectivity index (χ0v) is 13.0. The Bertz CT molecular complexity index is 802. The largest absolute Gasteiger partial charge is 0.398 e. The van der Waals surface area contributed by atoms with Crippen molar-refractivity contribution in [1.29, 1.82) is 0 Å². The van der Waals surface area contributed by atoms with Crippen molar-refractivity contribution in [3.8, 4) is 0 Å². The normalized spacial score (nSPS) is 25.5. The number of nitrogens with one attached hydrogen (secondary N) is 1. The lowest BCUT2D eigenvalue weighted by atomic mass is 9.99. The highest BCUT2D eigenvalue weighted by molar-refractivity contribution is 6.08. The molecule has 3 amide bonds. The second-order valence-corrected chi connectivity index (χ2v) is 6.67. The Balaban J connectivity index is 1.67. The molecule has 0 aromatic heterocycles. The van der Waals surface area contributed by atoms with E-state index in [-0.39, 0.29) is 24.2 Å². The van der Waals surface area contributed by atoms with E-state index in [1.807, 2.05) is 6.07 Å². The number of hydrogen-bond donors (Lipinski definition) is 2. The summed E-state index contributed by atoms with van der Waals surface area (Å²) in [6.45, 7) is 0.309. The summed E-state index contributed by atoms with van der Waals surface area (Å²) in [5, 5.41) is 2.28. The Labute approximate surface area is 138 Å². The topological polar surface area (TPSA) is 110 Å². The van der Waals surface area contributed by atoms with Gasteiger partial charge in [0.15, 0.2) is 0 Å². The van der Waals surface area contributed by atoms with Crippen LogP contribution in [0.5, 0.6) is 0 Å². The van der Waals surface area contributed by atoms with E-state index >= 15 is 0 Å². The summed E-state index contributed by atoms with van der Waals surface area (Å²) in [6.07, 6.45) is 2.69. The molecule has 1 aromatic carbocycles. The molecule has 7 nitrogen and oxygen atoms in total. The van der Waals surface area contributed by atoms with Crippen molar-refractivity contribution in [1.82, 2.24) is 10.2 Å². The van der Waals surface area contributed by atoms with E-state index in [1.54, 1.807) is 0 Å². The van der Waals surface area contributed by atoms with Crippen molar-refractivity contribution >= 4 is 29.7 Å². The molecule has 2 heterocycles. The van der Waals surface area contributed by atoms with Crippen LogP contribution >= 0.6 is 0 Å². The van der Waals surface area contributed by atoms with Gasteiger partial charge in [0.1, 0.15) is 12.3 Å². The van der Waals surface area contributed by atoms with Gasteiger partial charge < -0.3 is 15.4 Å². The predicted molar refractivity (Wildman–Crippen MR) is 83.9 cm³/mol. The fourth-order valence-electron chi connectivity index (χ4n) is 4.01. The van der Waals surface area contributed by atoms with Crippen LogP contribution in [0.1, 0.15) is 39.9 Å². The number of nitrogen functional groups attached to an aromatic ring is 1. The molecule has 4 rings (SSSR count). The number of benzene rings is 1. The van der Waals surface area contributed by atoms with Crippen LogP contribution in [-0.4, -0.2) is 34.9 Å². The van der Waals surface area contributed by atoms with Gasteiger partial charge in [-0.05, 0) is 36.0 Å². The molecule has 2 atom stereocenters. The van der Waals surface area contributed by atoms with Gasteiger partial charge in [0.2, 0.25) is 11.8 Å². The minimum absolute atomic E-state index is 0.0776. The molecular weight excluding hydrogens is 310 g/mol. The molecule has 1 fully saturated rings. The van der Waals surface area contributed by atoms with Gasteiger partial charge in [0.25, 0.3) is 5.91 Å².